The maximum Gasteiger partial charge on any atom is 0.0431 e. The second-order valence-electron chi connectivity index (χ2n) is 3.96. The van der Waals surface area contributed by atoms with Crippen LogP contribution in [-0.4, -0.2) is 11.7 Å². The standard InChI is InChI=1S/C13H20O/c1-11-7-8-12(2)13(10-11)6-4-3-5-9-14/h7-8,10,14H,3-6,9H2,1-2H3. The Morgan fingerprint density at radius 2 is 1.86 bits per heavy atom. The van der Waals surface area contributed by atoms with E-state index in [1.54, 1.807) is 0 Å². The zero-order valence-electron chi connectivity index (χ0n) is 9.21. The first-order chi connectivity index (χ1) is 6.74. The summed E-state index contributed by atoms with van der Waals surface area (Å²) in [6.45, 7) is 4.63. The lowest BCUT2D eigenvalue weighted by Crippen LogP contribution is -1.92. The first-order valence-corrected chi connectivity index (χ1v) is 5.41. The molecular formula is C13H20O. The zero-order valence-corrected chi connectivity index (χ0v) is 9.21. The molecule has 0 fully saturated rings. The van der Waals surface area contributed by atoms with Gasteiger partial charge in [-0.2, -0.15) is 0 Å². The summed E-state index contributed by atoms with van der Waals surface area (Å²) in [6, 6.07) is 6.62. The van der Waals surface area contributed by atoms with E-state index in [9.17, 15) is 0 Å². The van der Waals surface area contributed by atoms with Gasteiger partial charge < -0.3 is 5.11 Å². The molecule has 1 aromatic rings. The van der Waals surface area contributed by atoms with E-state index in [1.807, 2.05) is 0 Å². The Bertz CT molecular complexity index is 279. The van der Waals surface area contributed by atoms with Gasteiger partial charge in [0, 0.05) is 6.61 Å². The minimum atomic E-state index is 0.326. The van der Waals surface area contributed by atoms with Gasteiger partial charge in [0.15, 0.2) is 0 Å². The highest BCUT2D eigenvalue weighted by Gasteiger charge is 1.98. The van der Waals surface area contributed by atoms with E-state index in [0.717, 1.165) is 19.3 Å². The van der Waals surface area contributed by atoms with Crippen molar-refractivity contribution in [1.82, 2.24) is 0 Å². The molecule has 1 N–H and O–H groups in total. The second kappa shape index (κ2) is 5.82. The van der Waals surface area contributed by atoms with Crippen LogP contribution in [0.3, 0.4) is 0 Å². The van der Waals surface area contributed by atoms with E-state index in [2.05, 4.69) is 32.0 Å². The third-order valence-electron chi connectivity index (χ3n) is 2.61. The summed E-state index contributed by atoms with van der Waals surface area (Å²) in [5.74, 6) is 0. The monoisotopic (exact) mass is 192 g/mol. The predicted octanol–water partition coefficient (Wildman–Crippen LogP) is 3.01. The smallest absolute Gasteiger partial charge is 0.0431 e. The van der Waals surface area contributed by atoms with Gasteiger partial charge in [-0.05, 0) is 44.2 Å². The first kappa shape index (κ1) is 11.3. The lowest BCUT2D eigenvalue weighted by atomic mass is 10.0. The lowest BCUT2D eigenvalue weighted by molar-refractivity contribution is 0.283. The average Bonchev–Trinajstić information content (AvgIpc) is 2.18. The maximum atomic E-state index is 8.66. The largest absolute Gasteiger partial charge is 0.396 e. The van der Waals surface area contributed by atoms with Crippen molar-refractivity contribution in [3.8, 4) is 0 Å². The number of aryl methyl sites for hydroxylation is 3. The SMILES string of the molecule is Cc1ccc(C)c(CCCCCO)c1. The summed E-state index contributed by atoms with van der Waals surface area (Å²) in [7, 11) is 0. The second-order valence-corrected chi connectivity index (χ2v) is 3.96. The molecular weight excluding hydrogens is 172 g/mol. The minimum Gasteiger partial charge on any atom is -0.396 e. The van der Waals surface area contributed by atoms with E-state index < -0.39 is 0 Å². The molecule has 0 bridgehead atoms. The van der Waals surface area contributed by atoms with Crippen LogP contribution < -0.4 is 0 Å². The molecule has 1 aromatic carbocycles. The average molecular weight is 192 g/mol. The van der Waals surface area contributed by atoms with Gasteiger partial charge in [-0.15, -0.1) is 0 Å². The maximum absolute atomic E-state index is 8.66. The van der Waals surface area contributed by atoms with Crippen LogP contribution in [0.4, 0.5) is 0 Å². The Kier molecular flexibility index (Phi) is 4.68. The summed E-state index contributed by atoms with van der Waals surface area (Å²) in [6.07, 6.45) is 4.40. The summed E-state index contributed by atoms with van der Waals surface area (Å²) < 4.78 is 0. The van der Waals surface area contributed by atoms with Crippen LogP contribution in [0.1, 0.15) is 36.0 Å². The van der Waals surface area contributed by atoms with Crippen LogP contribution in [0.15, 0.2) is 18.2 Å². The topological polar surface area (TPSA) is 20.2 Å². The number of aliphatic hydroxyl groups excluding tert-OH is 1. The molecule has 0 aromatic heterocycles. The molecule has 0 amide bonds. The van der Waals surface area contributed by atoms with Crippen LogP contribution in [0.25, 0.3) is 0 Å². The summed E-state index contributed by atoms with van der Waals surface area (Å²) in [4.78, 5) is 0. The molecule has 0 unspecified atom stereocenters. The normalized spacial score (nSPS) is 10.5. The number of rotatable bonds is 5. The lowest BCUT2D eigenvalue weighted by Gasteiger charge is -2.06. The van der Waals surface area contributed by atoms with E-state index in [0.29, 0.717) is 6.61 Å². The fraction of sp³-hybridized carbons (Fsp3) is 0.538. The summed E-state index contributed by atoms with van der Waals surface area (Å²) in [5, 5.41) is 8.66. The molecule has 1 nitrogen and oxygen atoms in total. The number of unbranched alkanes of at least 4 members (excludes halogenated alkanes) is 2. The van der Waals surface area contributed by atoms with Crippen molar-refractivity contribution in [2.24, 2.45) is 0 Å². The van der Waals surface area contributed by atoms with Crippen molar-refractivity contribution >= 4 is 0 Å². The molecule has 1 heteroatoms. The highest BCUT2D eigenvalue weighted by Crippen LogP contribution is 2.13. The molecule has 0 aliphatic carbocycles. The number of hydrogen-bond acceptors (Lipinski definition) is 1. The van der Waals surface area contributed by atoms with Crippen LogP contribution in [0.2, 0.25) is 0 Å². The summed E-state index contributed by atoms with van der Waals surface area (Å²) >= 11 is 0. The molecule has 0 heterocycles. The number of aliphatic hydroxyl groups is 1. The molecule has 0 aliphatic heterocycles. The van der Waals surface area contributed by atoms with Crippen molar-refractivity contribution in [2.45, 2.75) is 39.5 Å². The van der Waals surface area contributed by atoms with Crippen LogP contribution in [-0.2, 0) is 6.42 Å². The van der Waals surface area contributed by atoms with Crippen LogP contribution in [0.5, 0.6) is 0 Å². The predicted molar refractivity (Wildman–Crippen MR) is 60.6 cm³/mol. The van der Waals surface area contributed by atoms with E-state index in [1.165, 1.54) is 23.1 Å². The highest BCUT2D eigenvalue weighted by atomic mass is 16.2. The van der Waals surface area contributed by atoms with Crippen molar-refractivity contribution in [1.29, 1.82) is 0 Å². The first-order valence-electron chi connectivity index (χ1n) is 5.41. The fourth-order valence-corrected chi connectivity index (χ4v) is 1.67. The minimum absolute atomic E-state index is 0.326. The Hall–Kier alpha value is -0.820. The molecule has 0 saturated heterocycles. The van der Waals surface area contributed by atoms with Crippen molar-refractivity contribution in [3.05, 3.63) is 34.9 Å². The molecule has 1 rings (SSSR count). The molecule has 78 valence electrons. The van der Waals surface area contributed by atoms with E-state index in [-0.39, 0.29) is 0 Å². The van der Waals surface area contributed by atoms with E-state index in [4.69, 9.17) is 5.11 Å². The van der Waals surface area contributed by atoms with Crippen molar-refractivity contribution < 1.29 is 5.11 Å². The van der Waals surface area contributed by atoms with Crippen molar-refractivity contribution in [3.63, 3.8) is 0 Å². The van der Waals surface area contributed by atoms with Crippen LogP contribution in [0, 0.1) is 13.8 Å². The Balaban J connectivity index is 2.45. The molecule has 0 spiro atoms. The molecule has 0 saturated carbocycles. The van der Waals surface area contributed by atoms with Gasteiger partial charge in [0.2, 0.25) is 0 Å². The number of benzene rings is 1. The van der Waals surface area contributed by atoms with Gasteiger partial charge in [0.1, 0.15) is 0 Å². The van der Waals surface area contributed by atoms with E-state index >= 15 is 0 Å². The Morgan fingerprint density at radius 3 is 2.57 bits per heavy atom. The fourth-order valence-electron chi connectivity index (χ4n) is 1.67. The third kappa shape index (κ3) is 3.51. The summed E-state index contributed by atoms with van der Waals surface area (Å²) in [5.41, 5.74) is 4.19. The van der Waals surface area contributed by atoms with Crippen molar-refractivity contribution in [2.75, 3.05) is 6.61 Å². The van der Waals surface area contributed by atoms with Gasteiger partial charge in [-0.25, -0.2) is 0 Å². The molecule has 0 atom stereocenters. The highest BCUT2D eigenvalue weighted by molar-refractivity contribution is 5.30. The quantitative estimate of drug-likeness (QED) is 0.711. The van der Waals surface area contributed by atoms with Gasteiger partial charge in [0.25, 0.3) is 0 Å². The van der Waals surface area contributed by atoms with Gasteiger partial charge >= 0.3 is 0 Å². The van der Waals surface area contributed by atoms with Gasteiger partial charge in [-0.1, -0.05) is 30.2 Å². The van der Waals surface area contributed by atoms with Gasteiger partial charge in [-0.3, -0.25) is 0 Å². The molecule has 0 radical (unpaired) electrons. The Morgan fingerprint density at radius 1 is 1.07 bits per heavy atom. The molecule has 14 heavy (non-hydrogen) atoms. The zero-order chi connectivity index (χ0) is 10.4. The van der Waals surface area contributed by atoms with Gasteiger partial charge in [0.05, 0.1) is 0 Å². The Labute approximate surface area is 86.8 Å². The molecule has 0 aliphatic rings. The third-order valence-corrected chi connectivity index (χ3v) is 2.61. The van der Waals surface area contributed by atoms with Crippen LogP contribution >= 0.6 is 0 Å². The number of hydrogen-bond donors (Lipinski definition) is 1.